The van der Waals surface area contributed by atoms with Gasteiger partial charge in [-0.25, -0.2) is 9.78 Å². The van der Waals surface area contributed by atoms with Crippen molar-refractivity contribution in [3.63, 3.8) is 0 Å². The molecule has 0 aliphatic heterocycles. The third-order valence-corrected chi connectivity index (χ3v) is 6.42. The fraction of sp³-hybridized carbons (Fsp3) is 0.167. The molecule has 0 aliphatic carbocycles. The quantitative estimate of drug-likeness (QED) is 0.185. The fourth-order valence-corrected chi connectivity index (χ4v) is 4.76. The molecule has 0 fully saturated rings. The van der Waals surface area contributed by atoms with Gasteiger partial charge in [-0.05, 0) is 49.7 Å². The zero-order chi connectivity index (χ0) is 23.7. The minimum atomic E-state index is -0.501. The molecule has 9 heteroatoms. The molecule has 0 bridgehead atoms. The molecule has 7 nitrogen and oxygen atoms in total. The van der Waals surface area contributed by atoms with Crippen LogP contribution in [-0.2, 0) is 4.74 Å². The Balaban J connectivity index is 1.74. The summed E-state index contributed by atoms with van der Waals surface area (Å²) in [6.45, 7) is 3.41. The van der Waals surface area contributed by atoms with Crippen molar-refractivity contribution >= 4 is 46.0 Å². The molecule has 2 aromatic carbocycles. The molecule has 0 amide bonds. The monoisotopic (exact) mass is 481 g/mol. The predicted molar refractivity (Wildman–Crippen MR) is 129 cm³/mol. The number of fused-ring (bicyclic) bond motifs is 1. The molecule has 4 rings (SSSR count). The molecule has 0 saturated heterocycles. The third-order valence-electron chi connectivity index (χ3n) is 5.25. The summed E-state index contributed by atoms with van der Waals surface area (Å²) >= 11 is 7.30. The number of carbonyl (C=O) groups excluding carboxylic acids is 2. The molecule has 33 heavy (non-hydrogen) atoms. The number of H-pyrrole nitrogens is 1. The number of hydrogen-bond donors (Lipinski definition) is 1. The first kappa shape index (κ1) is 22.8. The number of Topliss-reactive ketones (excluding diaryl/α,β-unsaturated/α-hetero) is 1. The first-order valence-corrected chi connectivity index (χ1v) is 11.4. The van der Waals surface area contributed by atoms with Crippen LogP contribution >= 0.6 is 23.4 Å². The van der Waals surface area contributed by atoms with Crippen LogP contribution in [0.15, 0.2) is 58.5 Å². The Bertz CT molecular complexity index is 1460. The fourth-order valence-electron chi connectivity index (χ4n) is 3.69. The van der Waals surface area contributed by atoms with Gasteiger partial charge in [-0.1, -0.05) is 41.6 Å². The zero-order valence-electron chi connectivity index (χ0n) is 18.1. The molecule has 0 saturated carbocycles. The van der Waals surface area contributed by atoms with Crippen molar-refractivity contribution in [2.75, 3.05) is 12.9 Å². The standard InChI is InChI=1S/C24H20ClN3O4S/c1-13-20(23(31)32-3)14(2)26-21(13)19(29)12-33-24-27-18-10-5-4-9-17(18)22(30)28(24)16-8-6-7-15(25)11-16/h4-11,26H,12H2,1-3H3. The number of nitrogens with one attached hydrogen (secondary N) is 1. The van der Waals surface area contributed by atoms with Crippen LogP contribution in [0.4, 0.5) is 0 Å². The second-order valence-electron chi connectivity index (χ2n) is 7.36. The highest BCUT2D eigenvalue weighted by molar-refractivity contribution is 7.99. The maximum atomic E-state index is 13.3. The van der Waals surface area contributed by atoms with Gasteiger partial charge >= 0.3 is 5.97 Å². The Morgan fingerprint density at radius 1 is 1.15 bits per heavy atom. The summed E-state index contributed by atoms with van der Waals surface area (Å²) in [6.07, 6.45) is 0. The Labute approximate surface area is 198 Å². The van der Waals surface area contributed by atoms with Gasteiger partial charge in [0.15, 0.2) is 10.9 Å². The minimum Gasteiger partial charge on any atom is -0.465 e. The molecule has 2 heterocycles. The minimum absolute atomic E-state index is 0.00670. The van der Waals surface area contributed by atoms with Crippen molar-refractivity contribution in [1.29, 1.82) is 0 Å². The van der Waals surface area contributed by atoms with Crippen molar-refractivity contribution in [3.8, 4) is 5.69 Å². The zero-order valence-corrected chi connectivity index (χ0v) is 19.7. The second-order valence-corrected chi connectivity index (χ2v) is 8.74. The average Bonchev–Trinajstić information content (AvgIpc) is 3.11. The van der Waals surface area contributed by atoms with Crippen molar-refractivity contribution in [2.45, 2.75) is 19.0 Å². The van der Waals surface area contributed by atoms with Crippen molar-refractivity contribution < 1.29 is 14.3 Å². The lowest BCUT2D eigenvalue weighted by Gasteiger charge is -2.13. The van der Waals surface area contributed by atoms with E-state index in [2.05, 4.69) is 9.97 Å². The van der Waals surface area contributed by atoms with Gasteiger partial charge in [0.25, 0.3) is 5.56 Å². The number of esters is 1. The van der Waals surface area contributed by atoms with E-state index in [9.17, 15) is 14.4 Å². The van der Waals surface area contributed by atoms with E-state index in [0.717, 1.165) is 11.8 Å². The Hall–Kier alpha value is -3.36. The van der Waals surface area contributed by atoms with Crippen LogP contribution in [0, 0.1) is 13.8 Å². The van der Waals surface area contributed by atoms with E-state index < -0.39 is 5.97 Å². The number of aromatic nitrogens is 3. The Kier molecular flexibility index (Phi) is 6.40. The second kappa shape index (κ2) is 9.25. The van der Waals surface area contributed by atoms with Gasteiger partial charge in [-0.3, -0.25) is 14.2 Å². The van der Waals surface area contributed by atoms with Gasteiger partial charge < -0.3 is 9.72 Å². The van der Waals surface area contributed by atoms with Crippen molar-refractivity contribution in [3.05, 3.63) is 86.4 Å². The summed E-state index contributed by atoms with van der Waals surface area (Å²) in [5.41, 5.74) is 2.62. The van der Waals surface area contributed by atoms with E-state index in [-0.39, 0.29) is 17.1 Å². The van der Waals surface area contributed by atoms with Crippen molar-refractivity contribution in [2.24, 2.45) is 0 Å². The summed E-state index contributed by atoms with van der Waals surface area (Å²) in [5, 5.41) is 1.31. The SMILES string of the molecule is COC(=O)c1c(C)[nH]c(C(=O)CSc2nc3ccccc3c(=O)n2-c2cccc(Cl)c2)c1C. The molecule has 2 aromatic heterocycles. The van der Waals surface area contributed by atoms with Crippen molar-refractivity contribution in [1.82, 2.24) is 14.5 Å². The molecule has 0 spiro atoms. The first-order chi connectivity index (χ1) is 15.8. The number of nitrogens with zero attached hydrogens (tertiary/aromatic N) is 2. The summed E-state index contributed by atoms with van der Waals surface area (Å²) < 4.78 is 6.27. The molecule has 1 N–H and O–H groups in total. The average molecular weight is 482 g/mol. The summed E-state index contributed by atoms with van der Waals surface area (Å²) in [6, 6.07) is 13.9. The number of ketones is 1. The van der Waals surface area contributed by atoms with Crippen LogP contribution in [0.2, 0.25) is 5.02 Å². The molecule has 0 unspecified atom stereocenters. The van der Waals surface area contributed by atoms with E-state index in [1.807, 2.05) is 0 Å². The van der Waals surface area contributed by atoms with E-state index >= 15 is 0 Å². The number of rotatable bonds is 6. The molecule has 0 radical (unpaired) electrons. The molecule has 0 aliphatic rings. The van der Waals surface area contributed by atoms with Crippen LogP contribution in [-0.4, -0.2) is 39.2 Å². The molecular weight excluding hydrogens is 462 g/mol. The van der Waals surface area contributed by atoms with Crippen LogP contribution < -0.4 is 5.56 Å². The van der Waals surface area contributed by atoms with Crippen LogP contribution in [0.3, 0.4) is 0 Å². The van der Waals surface area contributed by atoms with Gasteiger partial charge in [-0.15, -0.1) is 0 Å². The van der Waals surface area contributed by atoms with Gasteiger partial charge in [0.1, 0.15) is 0 Å². The van der Waals surface area contributed by atoms with Gasteiger partial charge in [-0.2, -0.15) is 0 Å². The van der Waals surface area contributed by atoms with Crippen LogP contribution in [0.1, 0.15) is 32.1 Å². The number of hydrogen-bond acceptors (Lipinski definition) is 6. The molecule has 4 aromatic rings. The number of aromatic amines is 1. The Morgan fingerprint density at radius 2 is 1.91 bits per heavy atom. The Morgan fingerprint density at radius 3 is 2.64 bits per heavy atom. The van der Waals surface area contributed by atoms with E-state index in [1.54, 1.807) is 62.4 Å². The lowest BCUT2D eigenvalue weighted by Crippen LogP contribution is -2.22. The lowest BCUT2D eigenvalue weighted by atomic mass is 10.1. The molecule has 168 valence electrons. The van der Waals surface area contributed by atoms with E-state index in [1.165, 1.54) is 11.7 Å². The normalized spacial score (nSPS) is 11.0. The number of halogens is 1. The van der Waals surface area contributed by atoms with Gasteiger partial charge in [0.05, 0.1) is 40.7 Å². The number of benzene rings is 2. The molecular formula is C24H20ClN3O4S. The lowest BCUT2D eigenvalue weighted by molar-refractivity contribution is 0.0599. The van der Waals surface area contributed by atoms with E-state index in [0.29, 0.717) is 49.3 Å². The summed E-state index contributed by atoms with van der Waals surface area (Å²) in [7, 11) is 1.30. The summed E-state index contributed by atoms with van der Waals surface area (Å²) in [4.78, 5) is 46.0. The number of carbonyl (C=O) groups is 2. The van der Waals surface area contributed by atoms with E-state index in [4.69, 9.17) is 16.3 Å². The smallest absolute Gasteiger partial charge is 0.339 e. The first-order valence-electron chi connectivity index (χ1n) is 10.0. The maximum Gasteiger partial charge on any atom is 0.339 e. The number of aryl methyl sites for hydroxylation is 1. The summed E-state index contributed by atoms with van der Waals surface area (Å²) in [5.74, 6) is -0.720. The maximum absolute atomic E-state index is 13.3. The topological polar surface area (TPSA) is 94.1 Å². The number of thioether (sulfide) groups is 1. The largest absolute Gasteiger partial charge is 0.465 e. The van der Waals surface area contributed by atoms with Gasteiger partial charge in [0, 0.05) is 10.7 Å². The molecule has 0 atom stereocenters. The number of para-hydroxylation sites is 1. The number of ether oxygens (including phenoxy) is 1. The van der Waals surface area contributed by atoms with Crippen LogP contribution in [0.25, 0.3) is 16.6 Å². The highest BCUT2D eigenvalue weighted by Gasteiger charge is 2.23. The predicted octanol–water partition coefficient (Wildman–Crippen LogP) is 4.75. The number of methoxy groups -OCH3 is 1. The third kappa shape index (κ3) is 4.31. The van der Waals surface area contributed by atoms with Gasteiger partial charge in [0.2, 0.25) is 0 Å². The van der Waals surface area contributed by atoms with Crippen LogP contribution in [0.5, 0.6) is 0 Å². The highest BCUT2D eigenvalue weighted by atomic mass is 35.5. The highest BCUT2D eigenvalue weighted by Crippen LogP contribution is 2.25.